The first-order valence-electron chi connectivity index (χ1n) is 13.4. The summed E-state index contributed by atoms with van der Waals surface area (Å²) in [6.45, 7) is -0.187. The van der Waals surface area contributed by atoms with Gasteiger partial charge in [-0.1, -0.05) is 59.6 Å². The van der Waals surface area contributed by atoms with Crippen molar-refractivity contribution in [3.63, 3.8) is 0 Å². The van der Waals surface area contributed by atoms with Crippen LogP contribution in [0, 0.1) is 5.92 Å². The van der Waals surface area contributed by atoms with Crippen LogP contribution in [-0.4, -0.2) is 35.3 Å². The van der Waals surface area contributed by atoms with Crippen molar-refractivity contribution in [1.82, 2.24) is 5.32 Å². The van der Waals surface area contributed by atoms with Gasteiger partial charge in [0, 0.05) is 19.4 Å². The molecule has 0 spiro atoms. The molecule has 0 saturated heterocycles. The Morgan fingerprint density at radius 1 is 1.00 bits per heavy atom. The minimum atomic E-state index is -1.19. The number of guanidine groups is 1. The van der Waals surface area contributed by atoms with Gasteiger partial charge >= 0.3 is 5.97 Å². The predicted octanol–water partition coefficient (Wildman–Crippen LogP) is 5.86. The first-order valence-corrected chi connectivity index (χ1v) is 14.2. The molecule has 1 unspecified atom stereocenters. The van der Waals surface area contributed by atoms with Crippen molar-refractivity contribution in [3.05, 3.63) is 87.4 Å². The van der Waals surface area contributed by atoms with Gasteiger partial charge in [0.2, 0.25) is 5.91 Å². The fourth-order valence-corrected chi connectivity index (χ4v) is 5.94. The van der Waals surface area contributed by atoms with E-state index in [0.29, 0.717) is 12.1 Å². The Hall–Kier alpha value is -3.88. The maximum Gasteiger partial charge on any atom is 0.308 e. The number of Topliss-reactive ketones (excluding diaryl/α,β-unsaturated/α-hetero) is 1. The summed E-state index contributed by atoms with van der Waals surface area (Å²) < 4.78 is 0. The molecule has 6 N–H and O–H groups in total. The molecule has 2 atom stereocenters. The lowest BCUT2D eigenvalue weighted by atomic mass is 9.80. The highest BCUT2D eigenvalue weighted by atomic mass is 35.5. The number of rotatable bonds is 11. The first-order chi connectivity index (χ1) is 19.6. The van der Waals surface area contributed by atoms with Crippen molar-refractivity contribution in [2.75, 3.05) is 6.54 Å². The van der Waals surface area contributed by atoms with Gasteiger partial charge in [-0.2, -0.15) is 0 Å². The van der Waals surface area contributed by atoms with Gasteiger partial charge in [-0.25, -0.2) is 4.99 Å². The van der Waals surface area contributed by atoms with E-state index in [-0.39, 0.29) is 52.8 Å². The normalized spacial score (nSPS) is 14.9. The average molecular weight is 596 g/mol. The second-order valence-corrected chi connectivity index (χ2v) is 11.0. The summed E-state index contributed by atoms with van der Waals surface area (Å²) in [6, 6.07) is 18.6. The number of amides is 1. The monoisotopic (exact) mass is 594 g/mol. The number of halogens is 2. The summed E-state index contributed by atoms with van der Waals surface area (Å²) in [5, 5.41) is 12.7. The molecule has 1 amide bonds. The van der Waals surface area contributed by atoms with Crippen LogP contribution in [0.4, 0.5) is 5.69 Å². The van der Waals surface area contributed by atoms with E-state index in [0.717, 1.165) is 36.0 Å². The SMILES string of the molecule is NC(N)=Nc1ccc2c(c1)C(CCC(=O)NC[C@H](CC(=O)c1c(Cl)cc(-c3ccccc3)cc1Cl)C(=O)O)CCC2. The zero-order valence-corrected chi connectivity index (χ0v) is 23.9. The molecule has 3 aromatic carbocycles. The van der Waals surface area contributed by atoms with Gasteiger partial charge in [-0.05, 0) is 78.1 Å². The molecule has 41 heavy (non-hydrogen) atoms. The van der Waals surface area contributed by atoms with Crippen molar-refractivity contribution in [3.8, 4) is 11.1 Å². The van der Waals surface area contributed by atoms with Crippen LogP contribution in [-0.2, 0) is 16.0 Å². The maximum atomic E-state index is 13.1. The molecule has 0 heterocycles. The molecule has 10 heteroatoms. The van der Waals surface area contributed by atoms with Crippen LogP contribution in [0.3, 0.4) is 0 Å². The molecule has 0 bridgehead atoms. The number of carboxylic acids is 1. The number of benzene rings is 3. The van der Waals surface area contributed by atoms with E-state index in [4.69, 9.17) is 34.7 Å². The number of carbonyl (C=O) groups excluding carboxylic acids is 2. The van der Waals surface area contributed by atoms with Crippen LogP contribution in [0.15, 0.2) is 65.7 Å². The lowest BCUT2D eigenvalue weighted by Gasteiger charge is -2.26. The Bertz CT molecular complexity index is 1450. The second kappa shape index (κ2) is 13.7. The molecule has 4 rings (SSSR count). The highest BCUT2D eigenvalue weighted by Crippen LogP contribution is 2.37. The fraction of sp³-hybridized carbons (Fsp3) is 0.290. The third-order valence-corrected chi connectivity index (χ3v) is 7.90. The first kappa shape index (κ1) is 30.1. The summed E-state index contributed by atoms with van der Waals surface area (Å²) >= 11 is 12.8. The molecule has 0 aromatic heterocycles. The van der Waals surface area contributed by atoms with E-state index in [1.165, 1.54) is 5.56 Å². The fourth-order valence-electron chi connectivity index (χ4n) is 5.24. The number of nitrogens with two attached hydrogens (primary N) is 2. The Balaban J connectivity index is 1.35. The Morgan fingerprint density at radius 3 is 2.37 bits per heavy atom. The van der Waals surface area contributed by atoms with E-state index in [1.54, 1.807) is 12.1 Å². The van der Waals surface area contributed by atoms with Gasteiger partial charge in [-0.15, -0.1) is 0 Å². The third-order valence-electron chi connectivity index (χ3n) is 7.30. The maximum absolute atomic E-state index is 13.1. The molecule has 0 saturated carbocycles. The van der Waals surface area contributed by atoms with E-state index in [1.807, 2.05) is 48.5 Å². The van der Waals surface area contributed by atoms with Crippen molar-refractivity contribution in [2.45, 2.75) is 44.4 Å². The Kier molecular flexibility index (Phi) is 10.0. The van der Waals surface area contributed by atoms with Crippen LogP contribution >= 0.6 is 23.2 Å². The molecule has 214 valence electrons. The van der Waals surface area contributed by atoms with Gasteiger partial charge in [-0.3, -0.25) is 14.4 Å². The Labute approximate surface area is 248 Å². The smallest absolute Gasteiger partial charge is 0.308 e. The quantitative estimate of drug-likeness (QED) is 0.124. The van der Waals surface area contributed by atoms with Crippen LogP contribution in [0.2, 0.25) is 10.0 Å². The molecular weight excluding hydrogens is 563 g/mol. The number of hydrogen-bond acceptors (Lipinski definition) is 4. The summed E-state index contributed by atoms with van der Waals surface area (Å²) in [5.74, 6) is -2.96. The van der Waals surface area contributed by atoms with Gasteiger partial charge in [0.15, 0.2) is 11.7 Å². The van der Waals surface area contributed by atoms with Crippen LogP contribution in [0.1, 0.15) is 59.5 Å². The van der Waals surface area contributed by atoms with E-state index in [2.05, 4.69) is 10.3 Å². The zero-order valence-electron chi connectivity index (χ0n) is 22.4. The molecule has 8 nitrogen and oxygen atoms in total. The van der Waals surface area contributed by atoms with Crippen molar-refractivity contribution < 1.29 is 19.5 Å². The van der Waals surface area contributed by atoms with Gasteiger partial charge in [0.25, 0.3) is 0 Å². The lowest BCUT2D eigenvalue weighted by Crippen LogP contribution is -2.34. The highest BCUT2D eigenvalue weighted by Gasteiger charge is 2.26. The number of aryl methyl sites for hydroxylation is 1. The van der Waals surface area contributed by atoms with E-state index >= 15 is 0 Å². The molecule has 0 aliphatic heterocycles. The molecule has 3 aromatic rings. The number of aliphatic imine (C=N–C) groups is 1. The van der Waals surface area contributed by atoms with Gasteiger partial charge in [0.1, 0.15) is 0 Å². The highest BCUT2D eigenvalue weighted by molar-refractivity contribution is 6.40. The van der Waals surface area contributed by atoms with E-state index in [9.17, 15) is 19.5 Å². The number of hydrogen-bond donors (Lipinski definition) is 4. The Morgan fingerprint density at radius 2 is 1.71 bits per heavy atom. The van der Waals surface area contributed by atoms with Crippen LogP contribution in [0.5, 0.6) is 0 Å². The number of ketones is 1. The second-order valence-electron chi connectivity index (χ2n) is 10.2. The molecular formula is C31H32Cl2N4O4. The number of carbonyl (C=O) groups is 3. The molecule has 1 aliphatic rings. The topological polar surface area (TPSA) is 148 Å². The lowest BCUT2D eigenvalue weighted by molar-refractivity contribution is -0.141. The largest absolute Gasteiger partial charge is 0.481 e. The van der Waals surface area contributed by atoms with Gasteiger partial charge in [0.05, 0.1) is 27.2 Å². The standard InChI is InChI=1S/C31H32Cl2N4O4/c32-25-13-21(18-5-2-1-3-6-18)14-26(33)29(25)27(38)15-22(30(40)41)17-36-28(39)12-10-20-8-4-7-19-9-11-23(16-24(19)20)37-31(34)35/h1-3,5-6,9,11,13-14,16,20,22H,4,7-8,10,12,15,17H2,(H,36,39)(H,40,41)(H4,34,35,37)/t20?,22-/m0/s1. The molecule has 0 fully saturated rings. The number of aliphatic carboxylic acids is 1. The van der Waals surface area contributed by atoms with Crippen LogP contribution < -0.4 is 16.8 Å². The zero-order chi connectivity index (χ0) is 29.5. The number of carboxylic acid groups (broad SMARTS) is 1. The number of nitrogens with zero attached hydrogens (tertiary/aromatic N) is 1. The van der Waals surface area contributed by atoms with Crippen LogP contribution in [0.25, 0.3) is 11.1 Å². The third kappa shape index (κ3) is 7.86. The number of fused-ring (bicyclic) bond motifs is 1. The summed E-state index contributed by atoms with van der Waals surface area (Å²) in [4.78, 5) is 41.8. The van der Waals surface area contributed by atoms with Crippen molar-refractivity contribution >= 4 is 52.5 Å². The molecule has 1 aliphatic carbocycles. The van der Waals surface area contributed by atoms with Crippen molar-refractivity contribution in [2.24, 2.45) is 22.4 Å². The summed E-state index contributed by atoms with van der Waals surface area (Å²) in [5.41, 5.74) is 15.7. The minimum absolute atomic E-state index is 0.0168. The summed E-state index contributed by atoms with van der Waals surface area (Å²) in [6.07, 6.45) is 3.36. The number of nitrogens with one attached hydrogen (secondary N) is 1. The minimum Gasteiger partial charge on any atom is -0.481 e. The average Bonchev–Trinajstić information content (AvgIpc) is 2.93. The van der Waals surface area contributed by atoms with Crippen molar-refractivity contribution in [1.29, 1.82) is 0 Å². The summed E-state index contributed by atoms with van der Waals surface area (Å²) in [7, 11) is 0. The predicted molar refractivity (Wildman–Crippen MR) is 162 cm³/mol. The van der Waals surface area contributed by atoms with Gasteiger partial charge < -0.3 is 21.9 Å². The van der Waals surface area contributed by atoms with E-state index < -0.39 is 17.7 Å². The molecule has 0 radical (unpaired) electrons.